The maximum Gasteiger partial charge on any atom is 0.288 e. The highest BCUT2D eigenvalue weighted by Gasteiger charge is 2.17. The van der Waals surface area contributed by atoms with Gasteiger partial charge >= 0.3 is 0 Å². The van der Waals surface area contributed by atoms with Crippen LogP contribution in [0.1, 0.15) is 18.7 Å². The number of rotatable bonds is 7. The van der Waals surface area contributed by atoms with Crippen molar-refractivity contribution in [2.45, 2.75) is 36.5 Å². The zero-order chi connectivity index (χ0) is 20.9. The van der Waals surface area contributed by atoms with E-state index in [2.05, 4.69) is 20.1 Å². The Kier molecular flexibility index (Phi) is 6.27. The Labute approximate surface area is 176 Å². The van der Waals surface area contributed by atoms with Gasteiger partial charge in [0.25, 0.3) is 11.7 Å². The van der Waals surface area contributed by atoms with Gasteiger partial charge in [0.05, 0.1) is 0 Å². The van der Waals surface area contributed by atoms with Crippen LogP contribution >= 0.6 is 11.8 Å². The van der Waals surface area contributed by atoms with E-state index in [1.807, 2.05) is 12.1 Å². The number of alkyl halides is 2. The number of ether oxygens (including phenoxy) is 1. The van der Waals surface area contributed by atoms with Gasteiger partial charge in [-0.15, -0.1) is 10.2 Å². The van der Waals surface area contributed by atoms with Crippen molar-refractivity contribution in [3.63, 3.8) is 0 Å². The molecule has 0 aliphatic carbocycles. The summed E-state index contributed by atoms with van der Waals surface area (Å²) in [6.45, 7) is 0.769. The van der Waals surface area contributed by atoms with Crippen molar-refractivity contribution in [3.05, 3.63) is 54.4 Å². The predicted molar refractivity (Wildman–Crippen MR) is 111 cm³/mol. The lowest BCUT2D eigenvalue weighted by Gasteiger charge is -2.14. The van der Waals surface area contributed by atoms with E-state index in [4.69, 9.17) is 4.74 Å². The quantitative estimate of drug-likeness (QED) is 0.554. The fraction of sp³-hybridized carbons (Fsp3) is 0.286. The zero-order valence-electron chi connectivity index (χ0n) is 16.1. The molecule has 0 fully saturated rings. The molecule has 6 nitrogen and oxygen atoms in total. The van der Waals surface area contributed by atoms with Crippen LogP contribution in [-0.2, 0) is 17.8 Å². The molecule has 2 aromatic carbocycles. The van der Waals surface area contributed by atoms with Crippen molar-refractivity contribution in [2.24, 2.45) is 0 Å². The van der Waals surface area contributed by atoms with Gasteiger partial charge in [0.2, 0.25) is 0 Å². The Hall–Kier alpha value is -2.94. The SMILES string of the molecule is O=C(COc1ccc(-c2nnc3n2CCCC3)cc1)Nc1ccc(SC(F)F)cc1. The third-order valence-corrected chi connectivity index (χ3v) is 5.43. The van der Waals surface area contributed by atoms with Crippen LogP contribution in [0, 0.1) is 0 Å². The molecule has 0 bridgehead atoms. The largest absolute Gasteiger partial charge is 0.484 e. The molecule has 1 aromatic heterocycles. The number of aromatic nitrogens is 3. The van der Waals surface area contributed by atoms with Crippen molar-refractivity contribution in [1.82, 2.24) is 14.8 Å². The minimum atomic E-state index is -2.47. The number of aryl methyl sites for hydroxylation is 1. The fourth-order valence-electron chi connectivity index (χ4n) is 3.29. The lowest BCUT2D eigenvalue weighted by molar-refractivity contribution is -0.118. The number of halogens is 2. The maximum absolute atomic E-state index is 12.3. The molecule has 2 heterocycles. The lowest BCUT2D eigenvalue weighted by Crippen LogP contribution is -2.20. The van der Waals surface area contributed by atoms with E-state index in [0.29, 0.717) is 28.1 Å². The smallest absolute Gasteiger partial charge is 0.288 e. The molecule has 1 N–H and O–H groups in total. The second-order valence-electron chi connectivity index (χ2n) is 6.81. The van der Waals surface area contributed by atoms with Gasteiger partial charge in [0, 0.05) is 29.1 Å². The van der Waals surface area contributed by atoms with Gasteiger partial charge in [-0.25, -0.2) is 0 Å². The second kappa shape index (κ2) is 9.25. The Balaban J connectivity index is 1.31. The van der Waals surface area contributed by atoms with Gasteiger partial charge in [-0.05, 0) is 61.4 Å². The van der Waals surface area contributed by atoms with Crippen molar-refractivity contribution in [1.29, 1.82) is 0 Å². The minimum Gasteiger partial charge on any atom is -0.484 e. The molecule has 1 aliphatic heterocycles. The van der Waals surface area contributed by atoms with Crippen LogP contribution in [0.3, 0.4) is 0 Å². The summed E-state index contributed by atoms with van der Waals surface area (Å²) in [5, 5.41) is 11.2. The number of hydrogen-bond acceptors (Lipinski definition) is 5. The fourth-order valence-corrected chi connectivity index (χ4v) is 3.79. The van der Waals surface area contributed by atoms with Gasteiger partial charge in [-0.1, -0.05) is 11.8 Å². The number of carbonyl (C=O) groups is 1. The summed E-state index contributed by atoms with van der Waals surface area (Å²) >= 11 is 0.460. The molecule has 4 rings (SSSR count). The van der Waals surface area contributed by atoms with Crippen molar-refractivity contribution >= 4 is 23.4 Å². The van der Waals surface area contributed by atoms with Gasteiger partial charge in [-0.3, -0.25) is 4.79 Å². The van der Waals surface area contributed by atoms with Crippen LogP contribution < -0.4 is 10.1 Å². The van der Waals surface area contributed by atoms with Crippen molar-refractivity contribution in [2.75, 3.05) is 11.9 Å². The first kappa shape index (κ1) is 20.3. The molecule has 0 atom stereocenters. The number of fused-ring (bicyclic) bond motifs is 1. The average molecular weight is 430 g/mol. The number of benzene rings is 2. The van der Waals surface area contributed by atoms with Crippen molar-refractivity contribution < 1.29 is 18.3 Å². The van der Waals surface area contributed by atoms with E-state index < -0.39 is 5.76 Å². The van der Waals surface area contributed by atoms with Crippen molar-refractivity contribution in [3.8, 4) is 17.1 Å². The predicted octanol–water partition coefficient (Wildman–Crippen LogP) is 4.61. The highest BCUT2D eigenvalue weighted by molar-refractivity contribution is 7.99. The van der Waals surface area contributed by atoms with Gasteiger partial charge in [0.15, 0.2) is 12.4 Å². The Morgan fingerprint density at radius 3 is 2.60 bits per heavy atom. The normalized spacial score (nSPS) is 13.2. The first-order valence-corrected chi connectivity index (χ1v) is 10.5. The van der Waals surface area contributed by atoms with Gasteiger partial charge in [-0.2, -0.15) is 8.78 Å². The summed E-state index contributed by atoms with van der Waals surface area (Å²) in [5.74, 6) is -0.368. The summed E-state index contributed by atoms with van der Waals surface area (Å²) in [5.41, 5.74) is 1.48. The Morgan fingerprint density at radius 2 is 1.87 bits per heavy atom. The molecule has 3 aromatic rings. The molecule has 0 saturated carbocycles. The third-order valence-electron chi connectivity index (χ3n) is 4.71. The van der Waals surface area contributed by atoms with Crippen LogP contribution in [0.5, 0.6) is 5.75 Å². The molecule has 0 unspecified atom stereocenters. The number of carbonyl (C=O) groups excluding carboxylic acids is 1. The lowest BCUT2D eigenvalue weighted by atomic mass is 10.1. The van der Waals surface area contributed by atoms with E-state index in [1.54, 1.807) is 24.3 Å². The monoisotopic (exact) mass is 430 g/mol. The molecule has 0 spiro atoms. The molecular formula is C21H20F2N4O2S. The molecule has 1 aliphatic rings. The number of hydrogen-bond donors (Lipinski definition) is 1. The standard InChI is InChI=1S/C21H20F2N4O2S/c22-21(23)30-17-10-6-15(7-11-17)24-19(28)13-29-16-8-4-14(5-9-16)20-26-25-18-3-1-2-12-27(18)20/h4-11,21H,1-3,12-13H2,(H,24,28). The molecule has 0 radical (unpaired) electrons. The molecule has 0 saturated heterocycles. The molecular weight excluding hydrogens is 410 g/mol. The van der Waals surface area contributed by atoms with Gasteiger partial charge in [0.1, 0.15) is 11.6 Å². The molecule has 1 amide bonds. The van der Waals surface area contributed by atoms with E-state index in [9.17, 15) is 13.6 Å². The summed E-state index contributed by atoms with van der Waals surface area (Å²) < 4.78 is 32.4. The van der Waals surface area contributed by atoms with E-state index in [1.165, 1.54) is 12.1 Å². The van der Waals surface area contributed by atoms with Crippen LogP contribution in [0.2, 0.25) is 0 Å². The maximum atomic E-state index is 12.3. The van der Waals surface area contributed by atoms with Gasteiger partial charge < -0.3 is 14.6 Å². The highest BCUT2D eigenvalue weighted by Crippen LogP contribution is 2.27. The Morgan fingerprint density at radius 1 is 1.10 bits per heavy atom. The molecule has 9 heteroatoms. The number of anilines is 1. The number of amides is 1. The molecule has 30 heavy (non-hydrogen) atoms. The number of thioether (sulfide) groups is 1. The topological polar surface area (TPSA) is 69.0 Å². The van der Waals surface area contributed by atoms with E-state index in [-0.39, 0.29) is 12.5 Å². The summed E-state index contributed by atoms with van der Waals surface area (Å²) in [7, 11) is 0. The average Bonchev–Trinajstić information content (AvgIpc) is 3.18. The minimum absolute atomic E-state index is 0.160. The van der Waals surface area contributed by atoms with Crippen LogP contribution in [0.25, 0.3) is 11.4 Å². The number of nitrogens with one attached hydrogen (secondary N) is 1. The highest BCUT2D eigenvalue weighted by atomic mass is 32.2. The van der Waals surface area contributed by atoms with Crippen LogP contribution in [0.4, 0.5) is 14.5 Å². The first-order chi connectivity index (χ1) is 14.6. The first-order valence-electron chi connectivity index (χ1n) is 9.58. The third kappa shape index (κ3) is 4.96. The summed E-state index contributed by atoms with van der Waals surface area (Å²) in [6.07, 6.45) is 3.23. The molecule has 156 valence electrons. The van der Waals surface area contributed by atoms with Crippen LogP contribution in [-0.4, -0.2) is 33.0 Å². The van der Waals surface area contributed by atoms with E-state index >= 15 is 0 Å². The van der Waals surface area contributed by atoms with E-state index in [0.717, 1.165) is 43.0 Å². The number of nitrogens with zero attached hydrogens (tertiary/aromatic N) is 3. The summed E-state index contributed by atoms with van der Waals surface area (Å²) in [4.78, 5) is 12.5. The zero-order valence-corrected chi connectivity index (χ0v) is 16.9. The summed E-state index contributed by atoms with van der Waals surface area (Å²) in [6, 6.07) is 13.6. The van der Waals surface area contributed by atoms with Crippen LogP contribution in [0.15, 0.2) is 53.4 Å². The Bertz CT molecular complexity index is 1010. The second-order valence-corrected chi connectivity index (χ2v) is 7.88.